The smallest absolute Gasteiger partial charge is 0.288 e. The van der Waals surface area contributed by atoms with Gasteiger partial charge in [0.1, 0.15) is 10.6 Å². The lowest BCUT2D eigenvalue weighted by molar-refractivity contribution is 0.0838. The van der Waals surface area contributed by atoms with Gasteiger partial charge in [-0.3, -0.25) is 10.2 Å². The van der Waals surface area contributed by atoms with Crippen LogP contribution in [0.4, 0.5) is 0 Å². The molecule has 176 valence electrons. The average Bonchev–Trinajstić information content (AvgIpc) is 3.07. The largest absolute Gasteiger partial charge is 0.497 e. The molecule has 0 aliphatic carbocycles. The molecule has 0 aromatic heterocycles. The van der Waals surface area contributed by atoms with Crippen LogP contribution >= 0.6 is 23.2 Å². The predicted molar refractivity (Wildman–Crippen MR) is 126 cm³/mol. The third-order valence-corrected chi connectivity index (χ3v) is 8.27. The van der Waals surface area contributed by atoms with Gasteiger partial charge in [-0.05, 0) is 54.6 Å². The number of amidine groups is 1. The number of sulfonamides is 2. The molecule has 1 N–H and O–H groups in total. The lowest BCUT2D eigenvalue weighted by Crippen LogP contribution is -2.49. The fraction of sp³-hybridized carbons (Fsp3) is 0.0476. The topological polar surface area (TPSA) is 122 Å². The third-order valence-electron chi connectivity index (χ3n) is 4.78. The van der Waals surface area contributed by atoms with Crippen molar-refractivity contribution in [1.29, 1.82) is 0 Å². The minimum Gasteiger partial charge on any atom is -0.497 e. The number of carbonyl (C=O) groups excluding carboxylic acids is 1. The Kier molecular flexibility index (Phi) is 6.30. The Labute approximate surface area is 205 Å². The summed E-state index contributed by atoms with van der Waals surface area (Å²) < 4.78 is 60.9. The molecule has 4 rings (SSSR count). The minimum absolute atomic E-state index is 0.101. The van der Waals surface area contributed by atoms with E-state index in [1.165, 1.54) is 67.8 Å². The summed E-state index contributed by atoms with van der Waals surface area (Å²) in [5, 5.41) is 0.134. The van der Waals surface area contributed by atoms with Gasteiger partial charge in [0.05, 0.1) is 22.6 Å². The number of fused-ring (bicyclic) bond motifs is 1. The predicted octanol–water partition coefficient (Wildman–Crippen LogP) is 3.49. The van der Waals surface area contributed by atoms with E-state index in [0.29, 0.717) is 10.2 Å². The van der Waals surface area contributed by atoms with Gasteiger partial charge in [0, 0.05) is 10.6 Å². The van der Waals surface area contributed by atoms with Crippen molar-refractivity contribution in [3.05, 3.63) is 87.9 Å². The second kappa shape index (κ2) is 8.91. The van der Waals surface area contributed by atoms with Gasteiger partial charge in [0.2, 0.25) is 0 Å². The number of hydrogen-bond acceptors (Lipinski definition) is 7. The number of amides is 1. The SMILES string of the molecule is COc1ccc(S(=O)(=O)N(NC2=NS(=O)(=O)c3ccccc32)C(=O)c2ccc(Cl)cc2Cl)cc1. The number of nitrogens with zero attached hydrogens (tertiary/aromatic N) is 2. The Morgan fingerprint density at radius 2 is 1.71 bits per heavy atom. The maximum absolute atomic E-state index is 13.5. The molecular formula is C21H15Cl2N3O6S2. The van der Waals surface area contributed by atoms with Gasteiger partial charge in [0.15, 0.2) is 5.84 Å². The van der Waals surface area contributed by atoms with Crippen LogP contribution in [0, 0.1) is 0 Å². The number of rotatable bonds is 4. The summed E-state index contributed by atoms with van der Waals surface area (Å²) in [6.07, 6.45) is 0. The Morgan fingerprint density at radius 3 is 2.35 bits per heavy atom. The molecule has 3 aromatic rings. The molecule has 0 bridgehead atoms. The second-order valence-corrected chi connectivity index (χ2v) is 11.1. The highest BCUT2D eigenvalue weighted by Gasteiger charge is 2.36. The summed E-state index contributed by atoms with van der Waals surface area (Å²) in [4.78, 5) is 13.0. The average molecular weight is 540 g/mol. The molecule has 0 unspecified atom stereocenters. The molecule has 1 amide bonds. The zero-order chi connectivity index (χ0) is 24.7. The molecule has 1 aliphatic rings. The molecule has 34 heavy (non-hydrogen) atoms. The van der Waals surface area contributed by atoms with Crippen molar-refractivity contribution in [3.8, 4) is 5.75 Å². The van der Waals surface area contributed by atoms with Gasteiger partial charge in [-0.15, -0.1) is 8.81 Å². The molecule has 1 heterocycles. The van der Waals surface area contributed by atoms with Crippen molar-refractivity contribution in [2.75, 3.05) is 7.11 Å². The second-order valence-electron chi connectivity index (χ2n) is 6.90. The summed E-state index contributed by atoms with van der Waals surface area (Å²) in [5.41, 5.74) is 2.29. The van der Waals surface area contributed by atoms with Crippen LogP contribution in [0.25, 0.3) is 0 Å². The molecule has 13 heteroatoms. The Balaban J connectivity index is 1.84. The van der Waals surface area contributed by atoms with Crippen LogP contribution in [0.1, 0.15) is 15.9 Å². The highest BCUT2D eigenvalue weighted by Crippen LogP contribution is 2.28. The van der Waals surface area contributed by atoms with E-state index in [1.54, 1.807) is 6.07 Å². The molecule has 0 saturated heterocycles. The van der Waals surface area contributed by atoms with Crippen LogP contribution in [0.3, 0.4) is 0 Å². The molecule has 0 fully saturated rings. The molecule has 1 aliphatic heterocycles. The lowest BCUT2D eigenvalue weighted by Gasteiger charge is -2.24. The highest BCUT2D eigenvalue weighted by molar-refractivity contribution is 7.91. The number of benzene rings is 3. The zero-order valence-electron chi connectivity index (χ0n) is 17.3. The van der Waals surface area contributed by atoms with Gasteiger partial charge in [-0.25, -0.2) is 0 Å². The van der Waals surface area contributed by atoms with Crippen molar-refractivity contribution in [3.63, 3.8) is 0 Å². The van der Waals surface area contributed by atoms with E-state index in [9.17, 15) is 21.6 Å². The van der Waals surface area contributed by atoms with Crippen molar-refractivity contribution in [2.24, 2.45) is 4.40 Å². The van der Waals surface area contributed by atoms with Crippen molar-refractivity contribution in [2.45, 2.75) is 9.79 Å². The van der Waals surface area contributed by atoms with Crippen molar-refractivity contribution >= 4 is 55.0 Å². The number of hydrogen-bond donors (Lipinski definition) is 1. The van der Waals surface area contributed by atoms with Gasteiger partial charge in [-0.2, -0.15) is 16.8 Å². The van der Waals surface area contributed by atoms with Crippen molar-refractivity contribution < 1.29 is 26.4 Å². The standard InChI is InChI=1S/C21H15Cl2N3O6S2/c1-32-14-7-9-15(10-8-14)34(30,31)26(21(27)16-11-6-13(22)12-18(16)23)24-20-17-4-2-3-5-19(17)33(28,29)25-20/h2-12H,1H3,(H,24,25). The first-order chi connectivity index (χ1) is 16.0. The van der Waals surface area contributed by atoms with E-state index in [4.69, 9.17) is 27.9 Å². The zero-order valence-corrected chi connectivity index (χ0v) is 20.4. The van der Waals surface area contributed by atoms with E-state index in [1.807, 2.05) is 0 Å². The first-order valence-corrected chi connectivity index (χ1v) is 13.1. The number of carbonyl (C=O) groups is 1. The van der Waals surface area contributed by atoms with E-state index < -0.39 is 26.0 Å². The Morgan fingerprint density at radius 1 is 1.03 bits per heavy atom. The Bertz CT molecular complexity index is 1540. The van der Waals surface area contributed by atoms with Gasteiger partial charge in [-0.1, -0.05) is 35.3 Å². The number of ether oxygens (including phenoxy) is 1. The number of halogens is 2. The van der Waals surface area contributed by atoms with Crippen molar-refractivity contribution in [1.82, 2.24) is 9.84 Å². The number of methoxy groups -OCH3 is 1. The fourth-order valence-corrected chi connectivity index (χ4v) is 6.00. The lowest BCUT2D eigenvalue weighted by atomic mass is 10.2. The molecule has 0 spiro atoms. The van der Waals surface area contributed by atoms with Crippen LogP contribution < -0.4 is 10.2 Å². The summed E-state index contributed by atoms with van der Waals surface area (Å²) in [7, 11) is -7.25. The van der Waals surface area contributed by atoms with E-state index in [2.05, 4.69) is 9.82 Å². The quantitative estimate of drug-likeness (QED) is 0.503. The Hall–Kier alpha value is -3.12. The van der Waals surface area contributed by atoms with E-state index in [-0.39, 0.29) is 36.8 Å². The fourth-order valence-electron chi connectivity index (χ4n) is 3.13. The highest BCUT2D eigenvalue weighted by atomic mass is 35.5. The molecular weight excluding hydrogens is 525 g/mol. The van der Waals surface area contributed by atoms with Gasteiger partial charge < -0.3 is 4.74 Å². The first-order valence-electron chi connectivity index (χ1n) is 9.44. The summed E-state index contributed by atoms with van der Waals surface area (Å²) >= 11 is 12.0. The molecule has 0 radical (unpaired) electrons. The summed E-state index contributed by atoms with van der Waals surface area (Å²) in [5.74, 6) is -1.03. The molecule has 9 nitrogen and oxygen atoms in total. The minimum atomic E-state index is -4.58. The van der Waals surface area contributed by atoms with Crippen LogP contribution in [-0.2, 0) is 20.0 Å². The van der Waals surface area contributed by atoms with Crippen LogP contribution in [0.15, 0.2) is 80.9 Å². The third kappa shape index (κ3) is 4.34. The van der Waals surface area contributed by atoms with Gasteiger partial charge >= 0.3 is 0 Å². The summed E-state index contributed by atoms with van der Waals surface area (Å²) in [6.45, 7) is 0. The normalized spacial score (nSPS) is 14.1. The maximum Gasteiger partial charge on any atom is 0.288 e. The molecule has 0 atom stereocenters. The first kappa shape index (κ1) is 24.0. The number of nitrogens with one attached hydrogen (secondary N) is 1. The summed E-state index contributed by atoms with van der Waals surface area (Å²) in [6, 6.07) is 15.0. The van der Waals surface area contributed by atoms with Gasteiger partial charge in [0.25, 0.3) is 26.0 Å². The number of hydrazine groups is 1. The maximum atomic E-state index is 13.5. The van der Waals surface area contributed by atoms with Crippen LogP contribution in [-0.4, -0.2) is 40.1 Å². The molecule has 3 aromatic carbocycles. The van der Waals surface area contributed by atoms with E-state index in [0.717, 1.165) is 0 Å². The molecule has 0 saturated carbocycles. The van der Waals surface area contributed by atoms with E-state index >= 15 is 0 Å². The van der Waals surface area contributed by atoms with Crippen LogP contribution in [0.2, 0.25) is 10.0 Å². The monoisotopic (exact) mass is 539 g/mol. The van der Waals surface area contributed by atoms with Crippen LogP contribution in [0.5, 0.6) is 5.75 Å².